The van der Waals surface area contributed by atoms with Crippen molar-refractivity contribution in [2.75, 3.05) is 26.2 Å². The van der Waals surface area contributed by atoms with Crippen LogP contribution < -0.4 is 10.6 Å². The number of alkyl carbamates (subject to hydrolysis) is 1. The molecule has 0 spiro atoms. The molecule has 174 valence electrons. The maximum absolute atomic E-state index is 12.7. The summed E-state index contributed by atoms with van der Waals surface area (Å²) in [5.41, 5.74) is 0.411. The first-order valence-electron chi connectivity index (χ1n) is 11.1. The minimum absolute atomic E-state index is 0.0633. The Morgan fingerprint density at radius 3 is 2.69 bits per heavy atom. The van der Waals surface area contributed by atoms with E-state index in [0.29, 0.717) is 32.5 Å². The van der Waals surface area contributed by atoms with Crippen molar-refractivity contribution >= 4 is 39.5 Å². The maximum Gasteiger partial charge on any atom is 0.407 e. The van der Waals surface area contributed by atoms with Gasteiger partial charge in [-0.15, -0.1) is 11.3 Å². The van der Waals surface area contributed by atoms with Crippen LogP contribution in [0.3, 0.4) is 0 Å². The number of thiazole rings is 1. The van der Waals surface area contributed by atoms with Crippen LogP contribution in [0.25, 0.3) is 10.2 Å². The van der Waals surface area contributed by atoms with Crippen molar-refractivity contribution < 1.29 is 19.1 Å². The highest BCUT2D eigenvalue weighted by atomic mass is 32.1. The zero-order chi connectivity index (χ0) is 23.1. The van der Waals surface area contributed by atoms with Gasteiger partial charge >= 0.3 is 6.09 Å². The molecule has 32 heavy (non-hydrogen) atoms. The molecule has 8 nitrogen and oxygen atoms in total. The number of likely N-dealkylation sites (tertiary alicyclic amines) is 1. The predicted octanol–water partition coefficient (Wildman–Crippen LogP) is 3.11. The molecular formula is C23H32N4O4S. The summed E-state index contributed by atoms with van der Waals surface area (Å²) < 4.78 is 6.29. The van der Waals surface area contributed by atoms with Gasteiger partial charge in [-0.3, -0.25) is 9.59 Å². The normalized spacial score (nSPS) is 16.6. The molecule has 1 saturated heterocycles. The van der Waals surface area contributed by atoms with E-state index in [9.17, 15) is 14.4 Å². The molecule has 1 fully saturated rings. The van der Waals surface area contributed by atoms with Crippen molar-refractivity contribution in [2.24, 2.45) is 5.92 Å². The average molecular weight is 461 g/mol. The second-order valence-electron chi connectivity index (χ2n) is 8.97. The summed E-state index contributed by atoms with van der Waals surface area (Å²) in [4.78, 5) is 43.3. The SMILES string of the molecule is CC(C)(C)OC(=O)NCCNC(=O)C1CCCN(C(=O)CCc2nc3ccccc3s2)C1. The summed E-state index contributed by atoms with van der Waals surface area (Å²) in [5, 5.41) is 6.43. The zero-order valence-corrected chi connectivity index (χ0v) is 19.8. The van der Waals surface area contributed by atoms with Gasteiger partial charge in [-0.25, -0.2) is 9.78 Å². The Kier molecular flexibility index (Phi) is 8.06. The quantitative estimate of drug-likeness (QED) is 0.619. The Morgan fingerprint density at radius 1 is 1.19 bits per heavy atom. The van der Waals surface area contributed by atoms with Gasteiger partial charge in [0.15, 0.2) is 0 Å². The highest BCUT2D eigenvalue weighted by Gasteiger charge is 2.28. The lowest BCUT2D eigenvalue weighted by molar-refractivity contribution is -0.135. The summed E-state index contributed by atoms with van der Waals surface area (Å²) in [6.07, 6.45) is 2.07. The fraction of sp³-hybridized carbons (Fsp3) is 0.565. The number of amides is 3. The summed E-state index contributed by atoms with van der Waals surface area (Å²) >= 11 is 1.62. The predicted molar refractivity (Wildman–Crippen MR) is 124 cm³/mol. The van der Waals surface area contributed by atoms with Crippen LogP contribution in [0.1, 0.15) is 45.0 Å². The number of aryl methyl sites for hydroxylation is 1. The molecular weight excluding hydrogens is 428 g/mol. The van der Waals surface area contributed by atoms with Crippen LogP contribution in [0.15, 0.2) is 24.3 Å². The van der Waals surface area contributed by atoms with E-state index >= 15 is 0 Å². The van der Waals surface area contributed by atoms with E-state index in [1.807, 2.05) is 24.3 Å². The van der Waals surface area contributed by atoms with Crippen LogP contribution in [0.2, 0.25) is 0 Å². The average Bonchev–Trinajstić information content (AvgIpc) is 3.17. The number of piperidine rings is 1. The monoisotopic (exact) mass is 460 g/mol. The summed E-state index contributed by atoms with van der Waals surface area (Å²) in [5.74, 6) is -0.246. The molecule has 1 aromatic carbocycles. The fourth-order valence-electron chi connectivity index (χ4n) is 3.63. The van der Waals surface area contributed by atoms with Gasteiger partial charge in [0, 0.05) is 39.0 Å². The van der Waals surface area contributed by atoms with Crippen molar-refractivity contribution in [3.8, 4) is 0 Å². The minimum atomic E-state index is -0.557. The number of para-hydroxylation sites is 1. The summed E-state index contributed by atoms with van der Waals surface area (Å²) in [7, 11) is 0. The standard InChI is InChI=1S/C23H32N4O4S/c1-23(2,3)31-22(30)25-13-12-24-21(29)16-7-6-14-27(15-16)20(28)11-10-19-26-17-8-4-5-9-18(17)32-19/h4-5,8-9,16H,6-7,10-15H2,1-3H3,(H,24,29)(H,25,30). The van der Waals surface area contributed by atoms with Crippen molar-refractivity contribution in [2.45, 2.75) is 52.1 Å². The Labute approximate surface area is 192 Å². The number of ether oxygens (including phenoxy) is 1. The molecule has 0 bridgehead atoms. The first kappa shape index (κ1) is 24.0. The number of nitrogens with zero attached hydrogens (tertiary/aromatic N) is 2. The van der Waals surface area contributed by atoms with Gasteiger partial charge < -0.3 is 20.3 Å². The Bertz CT molecular complexity index is 920. The highest BCUT2D eigenvalue weighted by molar-refractivity contribution is 7.18. The molecule has 0 saturated carbocycles. The smallest absolute Gasteiger partial charge is 0.407 e. The van der Waals surface area contributed by atoms with E-state index in [1.54, 1.807) is 37.0 Å². The third-order valence-electron chi connectivity index (χ3n) is 5.13. The maximum atomic E-state index is 12.7. The lowest BCUT2D eigenvalue weighted by Gasteiger charge is -2.32. The van der Waals surface area contributed by atoms with Crippen molar-refractivity contribution in [1.82, 2.24) is 20.5 Å². The molecule has 1 aliphatic rings. The van der Waals surface area contributed by atoms with E-state index in [0.717, 1.165) is 28.1 Å². The molecule has 1 aliphatic heterocycles. The minimum Gasteiger partial charge on any atom is -0.444 e. The van der Waals surface area contributed by atoms with Gasteiger partial charge in [0.25, 0.3) is 0 Å². The van der Waals surface area contributed by atoms with E-state index in [-0.39, 0.29) is 24.3 Å². The lowest BCUT2D eigenvalue weighted by atomic mass is 9.96. The van der Waals surface area contributed by atoms with Crippen molar-refractivity contribution in [3.05, 3.63) is 29.3 Å². The van der Waals surface area contributed by atoms with Gasteiger partial charge in [-0.1, -0.05) is 12.1 Å². The molecule has 2 heterocycles. The van der Waals surface area contributed by atoms with Crippen molar-refractivity contribution in [1.29, 1.82) is 0 Å². The van der Waals surface area contributed by atoms with Crippen LogP contribution >= 0.6 is 11.3 Å². The van der Waals surface area contributed by atoms with Crippen molar-refractivity contribution in [3.63, 3.8) is 0 Å². The number of hydrogen-bond acceptors (Lipinski definition) is 6. The number of rotatable bonds is 7. The molecule has 2 N–H and O–H groups in total. The molecule has 1 atom stereocenters. The van der Waals surface area contributed by atoms with Gasteiger partial charge in [0.2, 0.25) is 11.8 Å². The van der Waals surface area contributed by atoms with Crippen LogP contribution in [0, 0.1) is 5.92 Å². The molecule has 1 unspecified atom stereocenters. The number of carbonyl (C=O) groups is 3. The Hall–Kier alpha value is -2.68. The van der Waals surface area contributed by atoms with Gasteiger partial charge in [-0.2, -0.15) is 0 Å². The van der Waals surface area contributed by atoms with Gasteiger partial charge in [0.05, 0.1) is 21.1 Å². The largest absolute Gasteiger partial charge is 0.444 e. The molecule has 0 radical (unpaired) electrons. The number of hydrogen-bond donors (Lipinski definition) is 2. The van der Waals surface area contributed by atoms with Crippen LogP contribution in [-0.4, -0.2) is 59.6 Å². The molecule has 9 heteroatoms. The van der Waals surface area contributed by atoms with Crippen LogP contribution in [0.4, 0.5) is 4.79 Å². The van der Waals surface area contributed by atoms with Crippen LogP contribution in [-0.2, 0) is 20.7 Å². The first-order chi connectivity index (χ1) is 15.2. The third kappa shape index (κ3) is 7.19. The number of fused-ring (bicyclic) bond motifs is 1. The molecule has 2 aromatic rings. The van der Waals surface area contributed by atoms with Gasteiger partial charge in [0.1, 0.15) is 5.60 Å². The van der Waals surface area contributed by atoms with E-state index in [4.69, 9.17) is 4.74 Å². The van der Waals surface area contributed by atoms with Crippen LogP contribution in [0.5, 0.6) is 0 Å². The number of benzene rings is 1. The second-order valence-corrected chi connectivity index (χ2v) is 10.1. The lowest BCUT2D eigenvalue weighted by Crippen LogP contribution is -2.46. The molecule has 3 amide bonds. The van der Waals surface area contributed by atoms with Gasteiger partial charge in [-0.05, 0) is 45.7 Å². The topological polar surface area (TPSA) is 101 Å². The van der Waals surface area contributed by atoms with E-state index < -0.39 is 11.7 Å². The Balaban J connectivity index is 1.39. The Morgan fingerprint density at radius 2 is 1.94 bits per heavy atom. The molecule has 1 aromatic heterocycles. The summed E-state index contributed by atoms with van der Waals surface area (Å²) in [6, 6.07) is 7.97. The van der Waals surface area contributed by atoms with E-state index in [2.05, 4.69) is 15.6 Å². The molecule has 3 rings (SSSR count). The highest BCUT2D eigenvalue weighted by Crippen LogP contribution is 2.23. The third-order valence-corrected chi connectivity index (χ3v) is 6.22. The first-order valence-corrected chi connectivity index (χ1v) is 11.9. The fourth-order valence-corrected chi connectivity index (χ4v) is 4.59. The van der Waals surface area contributed by atoms with E-state index in [1.165, 1.54) is 0 Å². The summed E-state index contributed by atoms with van der Waals surface area (Å²) in [6.45, 7) is 7.11. The number of aromatic nitrogens is 1. The zero-order valence-electron chi connectivity index (χ0n) is 19.0. The second kappa shape index (κ2) is 10.8. The number of carbonyl (C=O) groups excluding carboxylic acids is 3. The molecule has 0 aliphatic carbocycles. The number of nitrogens with one attached hydrogen (secondary N) is 2.